The molecule has 1 aliphatic rings. The Bertz CT molecular complexity index is 979. The van der Waals surface area contributed by atoms with Crippen LogP contribution in [0.25, 0.3) is 0 Å². The van der Waals surface area contributed by atoms with Crippen molar-refractivity contribution in [2.75, 3.05) is 23.4 Å². The van der Waals surface area contributed by atoms with E-state index in [0.29, 0.717) is 16.3 Å². The van der Waals surface area contributed by atoms with Crippen molar-refractivity contribution < 1.29 is 19.1 Å². The highest BCUT2D eigenvalue weighted by Gasteiger charge is 2.36. The molecule has 0 bridgehead atoms. The Morgan fingerprint density at radius 1 is 1.24 bits per heavy atom. The van der Waals surface area contributed by atoms with Crippen LogP contribution in [-0.2, 0) is 19.1 Å². The number of halogens is 2. The lowest BCUT2D eigenvalue weighted by Crippen LogP contribution is -2.28. The molecular formula is C21H20BrClN2O4. The van der Waals surface area contributed by atoms with Crippen molar-refractivity contribution >= 4 is 56.7 Å². The second kappa shape index (κ2) is 8.97. The van der Waals surface area contributed by atoms with E-state index in [2.05, 4.69) is 21.2 Å². The van der Waals surface area contributed by atoms with Crippen molar-refractivity contribution in [2.24, 2.45) is 5.92 Å². The van der Waals surface area contributed by atoms with E-state index < -0.39 is 24.4 Å². The summed E-state index contributed by atoms with van der Waals surface area (Å²) in [5.74, 6) is -1.76. The minimum Gasteiger partial charge on any atom is -0.455 e. The number of aryl methyl sites for hydroxylation is 1. The molecule has 1 saturated heterocycles. The van der Waals surface area contributed by atoms with E-state index >= 15 is 0 Å². The molecule has 8 heteroatoms. The fourth-order valence-electron chi connectivity index (χ4n) is 3.19. The van der Waals surface area contributed by atoms with Crippen molar-refractivity contribution in [3.63, 3.8) is 0 Å². The van der Waals surface area contributed by atoms with Gasteiger partial charge in [-0.05, 0) is 59.1 Å². The molecule has 3 rings (SSSR count). The lowest BCUT2D eigenvalue weighted by atomic mass is 10.1. The zero-order chi connectivity index (χ0) is 21.1. The quantitative estimate of drug-likeness (QED) is 0.651. The van der Waals surface area contributed by atoms with Gasteiger partial charge in [0.25, 0.3) is 5.91 Å². The molecule has 0 unspecified atom stereocenters. The normalized spacial score (nSPS) is 16.1. The van der Waals surface area contributed by atoms with Crippen LogP contribution in [0.5, 0.6) is 0 Å². The van der Waals surface area contributed by atoms with E-state index in [1.54, 1.807) is 24.0 Å². The number of nitrogens with zero attached hydrogens (tertiary/aromatic N) is 1. The van der Waals surface area contributed by atoms with Crippen LogP contribution in [0.1, 0.15) is 17.5 Å². The Hall–Kier alpha value is -2.38. The van der Waals surface area contributed by atoms with Crippen molar-refractivity contribution in [3.8, 4) is 0 Å². The number of para-hydroxylation sites is 1. The summed E-state index contributed by atoms with van der Waals surface area (Å²) >= 11 is 9.47. The van der Waals surface area contributed by atoms with Crippen molar-refractivity contribution in [2.45, 2.75) is 20.3 Å². The molecule has 2 amide bonds. The van der Waals surface area contributed by atoms with Gasteiger partial charge in [0.15, 0.2) is 6.61 Å². The van der Waals surface area contributed by atoms with Gasteiger partial charge in [0, 0.05) is 28.8 Å². The SMILES string of the molecule is Cc1ccccc1N1C[C@@H](C(=O)OCC(=O)Nc2ccc(Br)c(Cl)c2C)CC1=O. The Morgan fingerprint density at radius 2 is 1.97 bits per heavy atom. The fourth-order valence-corrected chi connectivity index (χ4v) is 3.79. The van der Waals surface area contributed by atoms with E-state index in [1.165, 1.54) is 0 Å². The summed E-state index contributed by atoms with van der Waals surface area (Å²) < 4.78 is 5.87. The van der Waals surface area contributed by atoms with Crippen LogP contribution in [0.15, 0.2) is 40.9 Å². The number of anilines is 2. The van der Waals surface area contributed by atoms with Gasteiger partial charge in [-0.25, -0.2) is 0 Å². The topological polar surface area (TPSA) is 75.7 Å². The Morgan fingerprint density at radius 3 is 2.69 bits per heavy atom. The number of hydrogen-bond donors (Lipinski definition) is 1. The van der Waals surface area contributed by atoms with Gasteiger partial charge in [-0.1, -0.05) is 29.8 Å². The lowest BCUT2D eigenvalue weighted by molar-refractivity contribution is -0.151. The van der Waals surface area contributed by atoms with E-state index in [9.17, 15) is 14.4 Å². The molecule has 0 aliphatic carbocycles. The van der Waals surface area contributed by atoms with Crippen molar-refractivity contribution in [1.29, 1.82) is 0 Å². The van der Waals surface area contributed by atoms with Crippen LogP contribution in [0, 0.1) is 19.8 Å². The second-order valence-electron chi connectivity index (χ2n) is 6.88. The molecule has 6 nitrogen and oxygen atoms in total. The first-order valence-electron chi connectivity index (χ1n) is 9.05. The van der Waals surface area contributed by atoms with Crippen LogP contribution in [0.4, 0.5) is 11.4 Å². The standard InChI is InChI=1S/C21H20BrClN2O4/c1-12-5-3-4-6-17(12)25-10-14(9-19(25)27)21(28)29-11-18(26)24-16-8-7-15(22)20(23)13(16)2/h3-8,14H,9-11H2,1-2H3,(H,24,26)/t14-/m0/s1. The number of rotatable bonds is 5. The minimum atomic E-state index is -0.598. The van der Waals surface area contributed by atoms with Gasteiger partial charge in [0.1, 0.15) is 0 Å². The molecule has 2 aromatic rings. The van der Waals surface area contributed by atoms with E-state index in [4.69, 9.17) is 16.3 Å². The molecule has 1 N–H and O–H groups in total. The first kappa shape index (κ1) is 21.3. The number of carbonyl (C=O) groups excluding carboxylic acids is 3. The fraction of sp³-hybridized carbons (Fsp3) is 0.286. The summed E-state index contributed by atoms with van der Waals surface area (Å²) in [6.45, 7) is 3.50. The highest BCUT2D eigenvalue weighted by atomic mass is 79.9. The number of hydrogen-bond acceptors (Lipinski definition) is 4. The summed E-state index contributed by atoms with van der Waals surface area (Å²) in [5.41, 5.74) is 2.99. The van der Waals surface area contributed by atoms with E-state index in [-0.39, 0.29) is 18.9 Å². The third-order valence-electron chi connectivity index (χ3n) is 4.82. The second-order valence-corrected chi connectivity index (χ2v) is 8.11. The first-order chi connectivity index (χ1) is 13.8. The summed E-state index contributed by atoms with van der Waals surface area (Å²) in [4.78, 5) is 38.5. The molecule has 2 aromatic carbocycles. The number of benzene rings is 2. The number of amides is 2. The molecule has 1 heterocycles. The Labute approximate surface area is 182 Å². The molecule has 0 spiro atoms. The highest BCUT2D eigenvalue weighted by molar-refractivity contribution is 9.10. The molecule has 0 saturated carbocycles. The minimum absolute atomic E-state index is 0.0657. The van der Waals surface area contributed by atoms with Gasteiger partial charge in [0.2, 0.25) is 5.91 Å². The predicted octanol–water partition coefficient (Wildman–Crippen LogP) is 4.25. The summed E-state index contributed by atoms with van der Waals surface area (Å²) in [5, 5.41) is 3.18. The molecule has 0 radical (unpaired) electrons. The molecule has 1 aliphatic heterocycles. The summed E-state index contributed by atoms with van der Waals surface area (Å²) in [6.07, 6.45) is 0.0657. The highest BCUT2D eigenvalue weighted by Crippen LogP contribution is 2.31. The molecule has 1 fully saturated rings. The van der Waals surface area contributed by atoms with Gasteiger partial charge >= 0.3 is 5.97 Å². The maximum atomic E-state index is 12.4. The predicted molar refractivity (Wildman–Crippen MR) is 115 cm³/mol. The van der Waals surface area contributed by atoms with Crippen molar-refractivity contribution in [3.05, 3.63) is 57.0 Å². The number of nitrogens with one attached hydrogen (secondary N) is 1. The molecule has 152 valence electrons. The maximum absolute atomic E-state index is 12.4. The largest absolute Gasteiger partial charge is 0.455 e. The van der Waals surface area contributed by atoms with E-state index in [1.807, 2.05) is 31.2 Å². The third-order valence-corrected chi connectivity index (χ3v) is 6.20. The van der Waals surface area contributed by atoms with Gasteiger partial charge in [-0.3, -0.25) is 14.4 Å². The van der Waals surface area contributed by atoms with Gasteiger partial charge in [-0.2, -0.15) is 0 Å². The van der Waals surface area contributed by atoms with Gasteiger partial charge in [-0.15, -0.1) is 0 Å². The summed E-state index contributed by atoms with van der Waals surface area (Å²) in [6, 6.07) is 10.9. The maximum Gasteiger partial charge on any atom is 0.311 e. The first-order valence-corrected chi connectivity index (χ1v) is 10.2. The number of esters is 1. The van der Waals surface area contributed by atoms with Gasteiger partial charge in [0.05, 0.1) is 10.9 Å². The molecule has 29 heavy (non-hydrogen) atoms. The number of carbonyl (C=O) groups is 3. The Kier molecular flexibility index (Phi) is 6.59. The smallest absolute Gasteiger partial charge is 0.311 e. The average Bonchev–Trinajstić information content (AvgIpc) is 3.08. The van der Waals surface area contributed by atoms with Crippen LogP contribution < -0.4 is 10.2 Å². The zero-order valence-corrected chi connectivity index (χ0v) is 18.3. The lowest BCUT2D eigenvalue weighted by Gasteiger charge is -2.18. The van der Waals surface area contributed by atoms with Crippen LogP contribution in [0.2, 0.25) is 5.02 Å². The Balaban J connectivity index is 1.56. The van der Waals surface area contributed by atoms with Crippen LogP contribution >= 0.6 is 27.5 Å². The van der Waals surface area contributed by atoms with Gasteiger partial charge < -0.3 is 15.0 Å². The molecule has 0 aromatic heterocycles. The summed E-state index contributed by atoms with van der Waals surface area (Å²) in [7, 11) is 0. The molecular weight excluding hydrogens is 460 g/mol. The van der Waals surface area contributed by atoms with Crippen LogP contribution in [-0.4, -0.2) is 30.9 Å². The average molecular weight is 480 g/mol. The third kappa shape index (κ3) is 4.79. The van der Waals surface area contributed by atoms with Crippen LogP contribution in [0.3, 0.4) is 0 Å². The monoisotopic (exact) mass is 478 g/mol. The molecule has 1 atom stereocenters. The zero-order valence-electron chi connectivity index (χ0n) is 16.0. The number of ether oxygens (including phenoxy) is 1. The van der Waals surface area contributed by atoms with E-state index in [0.717, 1.165) is 15.7 Å². The van der Waals surface area contributed by atoms with Crippen molar-refractivity contribution in [1.82, 2.24) is 0 Å².